The maximum Gasteiger partial charge on any atom is 0.164 e. The number of thiophene rings is 1. The van der Waals surface area contributed by atoms with Crippen LogP contribution in [-0.2, 0) is 0 Å². The number of hydrogen-bond donors (Lipinski definition) is 0. The Labute approximate surface area is 276 Å². The molecular weight excluding hydrogens is 617 g/mol. The van der Waals surface area contributed by atoms with Gasteiger partial charge in [0.2, 0.25) is 0 Å². The highest BCUT2D eigenvalue weighted by atomic mass is 32.1. The zero-order chi connectivity index (χ0) is 30.9. The minimum Gasteiger partial charge on any atom is -0.456 e. The van der Waals surface area contributed by atoms with E-state index >= 15 is 0 Å². The van der Waals surface area contributed by atoms with Gasteiger partial charge >= 0.3 is 0 Å². The van der Waals surface area contributed by atoms with Crippen molar-refractivity contribution in [3.05, 3.63) is 133 Å². The summed E-state index contributed by atoms with van der Waals surface area (Å²) in [5.74, 6) is 1.97. The van der Waals surface area contributed by atoms with Crippen LogP contribution in [-0.4, -0.2) is 19.9 Å². The second-order valence-corrected chi connectivity index (χ2v) is 13.6. The van der Waals surface area contributed by atoms with Gasteiger partial charge in [0.1, 0.15) is 16.2 Å². The van der Waals surface area contributed by atoms with Gasteiger partial charge in [0.25, 0.3) is 0 Å². The van der Waals surface area contributed by atoms with E-state index in [9.17, 15) is 0 Å². The predicted octanol–water partition coefficient (Wildman–Crippen LogP) is 11.4. The molecule has 220 valence electrons. The molecule has 10 aromatic rings. The Morgan fingerprint density at radius 3 is 1.91 bits per heavy atom. The highest BCUT2D eigenvalue weighted by molar-refractivity contribution is 7.26. The van der Waals surface area contributed by atoms with Crippen molar-refractivity contribution in [3.8, 4) is 44.7 Å². The number of benzene rings is 6. The summed E-state index contributed by atoms with van der Waals surface area (Å²) < 4.78 is 9.59. The van der Waals surface area contributed by atoms with Gasteiger partial charge in [0.05, 0.1) is 10.2 Å². The number of rotatable bonds is 4. The van der Waals surface area contributed by atoms with Gasteiger partial charge in [-0.2, -0.15) is 0 Å². The number of para-hydroxylation sites is 1. The van der Waals surface area contributed by atoms with Gasteiger partial charge in [-0.1, -0.05) is 91.0 Å². The first kappa shape index (κ1) is 26.5. The van der Waals surface area contributed by atoms with E-state index in [1.165, 1.54) is 14.8 Å². The molecule has 0 spiro atoms. The topological polar surface area (TPSA) is 64.7 Å². The van der Waals surface area contributed by atoms with Crippen molar-refractivity contribution in [2.24, 2.45) is 0 Å². The Morgan fingerprint density at radius 2 is 1.13 bits per heavy atom. The molecule has 6 aromatic carbocycles. The van der Waals surface area contributed by atoms with E-state index in [2.05, 4.69) is 60.7 Å². The molecule has 0 amide bonds. The second kappa shape index (κ2) is 10.4. The molecule has 0 aliphatic heterocycles. The number of nitrogens with zero attached hydrogens (tertiary/aromatic N) is 4. The van der Waals surface area contributed by atoms with Crippen LogP contribution in [0.2, 0.25) is 0 Å². The molecule has 7 heteroatoms. The number of aromatic nitrogens is 4. The van der Waals surface area contributed by atoms with Gasteiger partial charge < -0.3 is 4.42 Å². The van der Waals surface area contributed by atoms with Crippen molar-refractivity contribution in [2.75, 3.05) is 0 Å². The van der Waals surface area contributed by atoms with Crippen LogP contribution < -0.4 is 0 Å². The summed E-state index contributed by atoms with van der Waals surface area (Å²) in [5, 5.41) is 5.56. The third-order valence-corrected chi connectivity index (χ3v) is 10.8. The van der Waals surface area contributed by atoms with Crippen molar-refractivity contribution in [2.45, 2.75) is 0 Å². The molecule has 5 nitrogen and oxygen atoms in total. The van der Waals surface area contributed by atoms with Gasteiger partial charge in [-0.15, -0.1) is 22.7 Å². The van der Waals surface area contributed by atoms with Gasteiger partial charge in [-0.05, 0) is 42.5 Å². The van der Waals surface area contributed by atoms with E-state index in [0.29, 0.717) is 17.5 Å². The van der Waals surface area contributed by atoms with Gasteiger partial charge in [0.15, 0.2) is 17.5 Å². The molecule has 0 saturated heterocycles. The van der Waals surface area contributed by atoms with Crippen LogP contribution in [0, 0.1) is 0 Å². The van der Waals surface area contributed by atoms with Crippen LogP contribution >= 0.6 is 22.7 Å². The standard InChI is InChI=1S/C40H22N4OS2/c1-3-10-23(11-4-1)37-42-38(24-12-5-2-6-13-24)44-39(43-37)27-15-9-17-33-36(27)29-21-35-30(22-34(29)46-33)41-40(47-35)25-18-19-32-28(20-25)26-14-7-8-16-31(26)45-32/h1-22H. The number of hydrogen-bond acceptors (Lipinski definition) is 7. The van der Waals surface area contributed by atoms with E-state index in [4.69, 9.17) is 24.4 Å². The van der Waals surface area contributed by atoms with Crippen LogP contribution in [0.3, 0.4) is 0 Å². The Bertz CT molecular complexity index is 2740. The molecule has 0 aliphatic rings. The van der Waals surface area contributed by atoms with Crippen molar-refractivity contribution >= 4 is 75.0 Å². The molecule has 47 heavy (non-hydrogen) atoms. The lowest BCUT2D eigenvalue weighted by atomic mass is 10.1. The highest BCUT2D eigenvalue weighted by Crippen LogP contribution is 2.43. The molecule has 0 atom stereocenters. The largest absolute Gasteiger partial charge is 0.456 e. The molecule has 0 N–H and O–H groups in total. The van der Waals surface area contributed by atoms with Crippen LogP contribution in [0.5, 0.6) is 0 Å². The van der Waals surface area contributed by atoms with Gasteiger partial charge in [-0.25, -0.2) is 19.9 Å². The minimum atomic E-state index is 0.655. The Hall–Kier alpha value is -5.76. The average Bonchev–Trinajstić information content (AvgIpc) is 3.83. The summed E-state index contributed by atoms with van der Waals surface area (Å²) in [7, 11) is 0. The quantitative estimate of drug-likeness (QED) is 0.192. The van der Waals surface area contributed by atoms with E-state index in [1.54, 1.807) is 22.7 Å². The Morgan fingerprint density at radius 1 is 0.426 bits per heavy atom. The summed E-state index contributed by atoms with van der Waals surface area (Å²) in [6.45, 7) is 0. The Kier molecular flexibility index (Phi) is 5.85. The van der Waals surface area contributed by atoms with Crippen LogP contribution in [0.1, 0.15) is 0 Å². The minimum absolute atomic E-state index is 0.655. The fourth-order valence-corrected chi connectivity index (χ4v) is 8.47. The predicted molar refractivity (Wildman–Crippen MR) is 195 cm³/mol. The monoisotopic (exact) mass is 638 g/mol. The highest BCUT2D eigenvalue weighted by Gasteiger charge is 2.19. The Balaban J connectivity index is 1.15. The van der Waals surface area contributed by atoms with E-state index in [-0.39, 0.29) is 0 Å². The summed E-state index contributed by atoms with van der Waals surface area (Å²) in [6.07, 6.45) is 0. The molecule has 0 aliphatic carbocycles. The van der Waals surface area contributed by atoms with Crippen molar-refractivity contribution in [1.29, 1.82) is 0 Å². The smallest absolute Gasteiger partial charge is 0.164 e. The summed E-state index contributed by atoms with van der Waals surface area (Å²) >= 11 is 3.49. The number of furan rings is 1. The van der Waals surface area contributed by atoms with E-state index < -0.39 is 0 Å². The fraction of sp³-hybridized carbons (Fsp3) is 0. The zero-order valence-electron chi connectivity index (χ0n) is 24.7. The van der Waals surface area contributed by atoms with Crippen molar-refractivity contribution in [1.82, 2.24) is 19.9 Å². The van der Waals surface area contributed by atoms with E-state index in [1.807, 2.05) is 72.8 Å². The molecule has 4 aromatic heterocycles. The SMILES string of the molecule is c1ccc(-c2nc(-c3ccccc3)nc(-c3cccc4sc5cc6nc(-c7ccc8oc9ccccc9c8c7)sc6cc5c34)n2)cc1. The molecule has 0 unspecified atom stereocenters. The fourth-order valence-electron chi connectivity index (χ4n) is 6.34. The van der Waals surface area contributed by atoms with E-state index in [0.717, 1.165) is 64.8 Å². The van der Waals surface area contributed by atoms with Crippen molar-refractivity contribution in [3.63, 3.8) is 0 Å². The molecule has 10 rings (SSSR count). The molecule has 0 bridgehead atoms. The maximum atomic E-state index is 6.07. The third-order valence-electron chi connectivity index (χ3n) is 8.57. The third kappa shape index (κ3) is 4.35. The molecule has 0 saturated carbocycles. The molecule has 0 fully saturated rings. The maximum absolute atomic E-state index is 6.07. The van der Waals surface area contributed by atoms with Gasteiger partial charge in [-0.3, -0.25) is 0 Å². The van der Waals surface area contributed by atoms with Crippen molar-refractivity contribution < 1.29 is 4.42 Å². The lowest BCUT2D eigenvalue weighted by Gasteiger charge is -2.09. The average molecular weight is 639 g/mol. The lowest BCUT2D eigenvalue weighted by molar-refractivity contribution is 0.669. The summed E-state index contributed by atoms with van der Waals surface area (Å²) in [5.41, 5.74) is 6.78. The first-order valence-electron chi connectivity index (χ1n) is 15.3. The number of fused-ring (bicyclic) bond motifs is 7. The second-order valence-electron chi connectivity index (χ2n) is 11.5. The van der Waals surface area contributed by atoms with Crippen LogP contribution in [0.4, 0.5) is 0 Å². The summed E-state index contributed by atoms with van der Waals surface area (Å²) in [4.78, 5) is 20.1. The summed E-state index contributed by atoms with van der Waals surface area (Å²) in [6, 6.07) is 45.7. The number of thiazole rings is 1. The van der Waals surface area contributed by atoms with Crippen LogP contribution in [0.25, 0.3) is 97.1 Å². The molecular formula is C40H22N4OS2. The lowest BCUT2D eigenvalue weighted by Crippen LogP contribution is -2.00. The van der Waals surface area contributed by atoms with Crippen LogP contribution in [0.15, 0.2) is 138 Å². The molecule has 4 heterocycles. The zero-order valence-corrected chi connectivity index (χ0v) is 26.3. The first-order chi connectivity index (χ1) is 23.2. The normalized spacial score (nSPS) is 11.8. The molecule has 0 radical (unpaired) electrons. The first-order valence-corrected chi connectivity index (χ1v) is 16.9. The van der Waals surface area contributed by atoms with Gasteiger partial charge in [0, 0.05) is 53.2 Å².